The summed E-state index contributed by atoms with van der Waals surface area (Å²) in [7, 11) is 0. The van der Waals surface area contributed by atoms with Gasteiger partial charge in [-0.15, -0.1) is 0 Å². The molecule has 0 aliphatic heterocycles. The first-order valence-electron chi connectivity index (χ1n) is 6.03. The van der Waals surface area contributed by atoms with Gasteiger partial charge in [0.1, 0.15) is 5.82 Å². The van der Waals surface area contributed by atoms with Gasteiger partial charge in [-0.05, 0) is 18.2 Å². The molecule has 3 aromatic rings. The smallest absolute Gasteiger partial charge is 0.313 e. The number of rotatable bonds is 5. The van der Waals surface area contributed by atoms with E-state index in [9.17, 15) is 9.18 Å². The summed E-state index contributed by atoms with van der Waals surface area (Å²) in [4.78, 5) is 15.1. The van der Waals surface area contributed by atoms with Crippen molar-refractivity contribution < 1.29 is 18.8 Å². The Morgan fingerprint density at radius 3 is 3.00 bits per heavy atom. The van der Waals surface area contributed by atoms with Crippen LogP contribution in [0.1, 0.15) is 5.76 Å². The van der Waals surface area contributed by atoms with Crippen LogP contribution >= 0.6 is 11.8 Å². The average Bonchev–Trinajstić information content (AvgIpc) is 3.06. The number of aromatic nitrogens is 3. The summed E-state index contributed by atoms with van der Waals surface area (Å²) in [5.41, 5.74) is 1.18. The highest BCUT2D eigenvalue weighted by Crippen LogP contribution is 2.25. The molecular formula is C13H10FN3O3S. The minimum Gasteiger partial charge on any atom is -0.481 e. The summed E-state index contributed by atoms with van der Waals surface area (Å²) >= 11 is 1.08. The monoisotopic (exact) mass is 307 g/mol. The molecule has 0 spiro atoms. The van der Waals surface area contributed by atoms with E-state index < -0.39 is 5.97 Å². The molecule has 1 aromatic carbocycles. The first-order chi connectivity index (χ1) is 10.1. The second-order valence-electron chi connectivity index (χ2n) is 4.27. The maximum atomic E-state index is 13.4. The van der Waals surface area contributed by atoms with Crippen molar-refractivity contribution in [3.8, 4) is 0 Å². The molecule has 0 radical (unpaired) electrons. The minimum atomic E-state index is -0.940. The molecule has 21 heavy (non-hydrogen) atoms. The summed E-state index contributed by atoms with van der Waals surface area (Å²) in [5.74, 6) is -0.862. The predicted octanol–water partition coefficient (Wildman–Crippen LogP) is 2.39. The Morgan fingerprint density at radius 1 is 1.43 bits per heavy atom. The molecule has 0 saturated heterocycles. The first kappa shape index (κ1) is 13.6. The topological polar surface area (TPSA) is 81.1 Å². The van der Waals surface area contributed by atoms with Gasteiger partial charge in [0.05, 0.1) is 29.5 Å². The number of nitrogens with zero attached hydrogens (tertiary/aromatic N) is 3. The summed E-state index contributed by atoms with van der Waals surface area (Å²) < 4.78 is 20.2. The van der Waals surface area contributed by atoms with Crippen molar-refractivity contribution in [2.24, 2.45) is 0 Å². The van der Waals surface area contributed by atoms with Crippen LogP contribution in [0.4, 0.5) is 4.39 Å². The second-order valence-corrected chi connectivity index (χ2v) is 5.22. The Morgan fingerprint density at radius 2 is 2.29 bits per heavy atom. The molecule has 0 saturated carbocycles. The summed E-state index contributed by atoms with van der Waals surface area (Å²) in [6.07, 6.45) is 1.51. The largest absolute Gasteiger partial charge is 0.481 e. The molecule has 8 heteroatoms. The van der Waals surface area contributed by atoms with Crippen molar-refractivity contribution in [2.45, 2.75) is 11.7 Å². The van der Waals surface area contributed by atoms with Gasteiger partial charge in [0.15, 0.2) is 10.9 Å². The third kappa shape index (κ3) is 2.89. The van der Waals surface area contributed by atoms with Gasteiger partial charge < -0.3 is 14.2 Å². The number of fused-ring (bicyclic) bond motifs is 1. The normalized spacial score (nSPS) is 11.1. The zero-order valence-corrected chi connectivity index (χ0v) is 11.5. The molecular weight excluding hydrogens is 297 g/mol. The van der Waals surface area contributed by atoms with Crippen molar-refractivity contribution in [3.63, 3.8) is 0 Å². The molecule has 1 N–H and O–H groups in total. The van der Waals surface area contributed by atoms with Crippen LogP contribution in [0.3, 0.4) is 0 Å². The SMILES string of the molecule is O=C(O)CSc1nc2ccc(F)cc2n1Cc1ccno1. The van der Waals surface area contributed by atoms with Crippen molar-refractivity contribution in [1.82, 2.24) is 14.7 Å². The molecule has 0 fully saturated rings. The Bertz CT molecular complexity index is 785. The quantitative estimate of drug-likeness (QED) is 0.729. The summed E-state index contributed by atoms with van der Waals surface area (Å²) in [6.45, 7) is 0.307. The average molecular weight is 307 g/mol. The molecule has 0 atom stereocenters. The number of carbonyl (C=O) groups is 1. The van der Waals surface area contributed by atoms with Crippen molar-refractivity contribution >= 4 is 28.8 Å². The Kier molecular flexibility index (Phi) is 3.61. The van der Waals surface area contributed by atoms with E-state index in [1.807, 2.05) is 0 Å². The van der Waals surface area contributed by atoms with E-state index in [-0.39, 0.29) is 11.6 Å². The second kappa shape index (κ2) is 5.57. The lowest BCUT2D eigenvalue weighted by Crippen LogP contribution is -2.04. The molecule has 0 bridgehead atoms. The van der Waals surface area contributed by atoms with Gasteiger partial charge in [0, 0.05) is 6.07 Å². The molecule has 3 rings (SSSR count). The number of carboxylic acid groups (broad SMARTS) is 1. The van der Waals surface area contributed by atoms with Gasteiger partial charge in [-0.25, -0.2) is 9.37 Å². The van der Waals surface area contributed by atoms with Crippen LogP contribution in [0.25, 0.3) is 11.0 Å². The summed E-state index contributed by atoms with van der Waals surface area (Å²) in [6, 6.07) is 5.94. The zero-order chi connectivity index (χ0) is 14.8. The maximum Gasteiger partial charge on any atom is 0.313 e. The van der Waals surface area contributed by atoms with Crippen molar-refractivity contribution in [2.75, 3.05) is 5.75 Å². The van der Waals surface area contributed by atoms with Gasteiger partial charge in [-0.2, -0.15) is 0 Å². The van der Waals surface area contributed by atoms with Crippen LogP contribution in [-0.2, 0) is 11.3 Å². The molecule has 2 aromatic heterocycles. The van der Waals surface area contributed by atoms with Crippen molar-refractivity contribution in [1.29, 1.82) is 0 Å². The number of thioether (sulfide) groups is 1. The Balaban J connectivity index is 2.04. The van der Waals surface area contributed by atoms with E-state index in [0.717, 1.165) is 11.8 Å². The van der Waals surface area contributed by atoms with E-state index in [4.69, 9.17) is 9.63 Å². The highest BCUT2D eigenvalue weighted by Gasteiger charge is 2.15. The third-order valence-electron chi connectivity index (χ3n) is 2.81. The van der Waals surface area contributed by atoms with Crippen LogP contribution < -0.4 is 0 Å². The number of hydrogen-bond acceptors (Lipinski definition) is 5. The molecule has 0 aliphatic carbocycles. The van der Waals surface area contributed by atoms with Crippen LogP contribution in [0.2, 0.25) is 0 Å². The Labute approximate surface area is 122 Å². The van der Waals surface area contributed by atoms with E-state index in [0.29, 0.717) is 28.5 Å². The fourth-order valence-electron chi connectivity index (χ4n) is 1.94. The van der Waals surface area contributed by atoms with Gasteiger partial charge in [0.2, 0.25) is 0 Å². The number of benzene rings is 1. The van der Waals surface area contributed by atoms with E-state index in [1.54, 1.807) is 16.7 Å². The fourth-order valence-corrected chi connectivity index (χ4v) is 2.68. The lowest BCUT2D eigenvalue weighted by atomic mass is 10.3. The van der Waals surface area contributed by atoms with E-state index in [2.05, 4.69) is 10.1 Å². The van der Waals surface area contributed by atoms with Crippen LogP contribution in [0.5, 0.6) is 0 Å². The Hall–Kier alpha value is -2.35. The third-order valence-corrected chi connectivity index (χ3v) is 3.77. The standard InChI is InChI=1S/C13H10FN3O3S/c14-8-1-2-10-11(5-8)17(6-9-3-4-15-20-9)13(16-10)21-7-12(18)19/h1-5H,6-7H2,(H,18,19). The predicted molar refractivity (Wildman–Crippen MR) is 73.7 cm³/mol. The first-order valence-corrected chi connectivity index (χ1v) is 7.02. The maximum absolute atomic E-state index is 13.4. The molecule has 0 amide bonds. The van der Waals surface area contributed by atoms with Gasteiger partial charge in [0.25, 0.3) is 0 Å². The van der Waals surface area contributed by atoms with Crippen LogP contribution in [-0.4, -0.2) is 31.5 Å². The number of hydrogen-bond donors (Lipinski definition) is 1. The molecule has 6 nitrogen and oxygen atoms in total. The minimum absolute atomic E-state index is 0.123. The van der Waals surface area contributed by atoms with Crippen LogP contribution in [0.15, 0.2) is 40.1 Å². The molecule has 0 unspecified atom stereocenters. The number of imidazole rings is 1. The van der Waals surface area contributed by atoms with Gasteiger partial charge in [-0.3, -0.25) is 4.79 Å². The van der Waals surface area contributed by atoms with E-state index in [1.165, 1.54) is 18.3 Å². The molecule has 108 valence electrons. The van der Waals surface area contributed by atoms with Gasteiger partial charge in [-0.1, -0.05) is 16.9 Å². The number of carboxylic acids is 1. The highest BCUT2D eigenvalue weighted by molar-refractivity contribution is 7.99. The lowest BCUT2D eigenvalue weighted by molar-refractivity contribution is -0.133. The lowest BCUT2D eigenvalue weighted by Gasteiger charge is -2.05. The van der Waals surface area contributed by atoms with E-state index >= 15 is 0 Å². The van der Waals surface area contributed by atoms with Gasteiger partial charge >= 0.3 is 5.97 Å². The van der Waals surface area contributed by atoms with Crippen molar-refractivity contribution in [3.05, 3.63) is 42.0 Å². The van der Waals surface area contributed by atoms with Crippen LogP contribution in [0, 0.1) is 5.82 Å². The zero-order valence-electron chi connectivity index (χ0n) is 10.7. The molecule has 0 aliphatic rings. The number of halogens is 1. The molecule has 2 heterocycles. The summed E-state index contributed by atoms with van der Waals surface area (Å²) in [5, 5.41) is 12.9. The number of aliphatic carboxylic acids is 1. The fraction of sp³-hybridized carbons (Fsp3) is 0.154. The highest BCUT2D eigenvalue weighted by atomic mass is 32.2.